The SMILES string of the molecule is CCCCCCCCCCCCCCCCCCCCCCCCCCCCCCCCCCCC(=O)OCC(COC(=O)CCCCCCCCCCCCCCC)OC(=O)CCCCCCCCCCCCCCCC. The smallest absolute Gasteiger partial charge is 0.306 e. The van der Waals surface area contributed by atoms with E-state index in [1.807, 2.05) is 0 Å². The zero-order valence-corrected chi connectivity index (χ0v) is 53.5. The van der Waals surface area contributed by atoms with E-state index in [1.165, 1.54) is 327 Å². The number of rotatable bonds is 68. The van der Waals surface area contributed by atoms with E-state index in [9.17, 15) is 14.4 Å². The molecule has 0 saturated carbocycles. The van der Waals surface area contributed by atoms with Gasteiger partial charge in [0.1, 0.15) is 13.2 Å². The van der Waals surface area contributed by atoms with Crippen molar-refractivity contribution >= 4 is 17.9 Å². The summed E-state index contributed by atoms with van der Waals surface area (Å²) in [6, 6.07) is 0. The molecular formula is C72H140O6. The van der Waals surface area contributed by atoms with Crippen molar-refractivity contribution in [2.75, 3.05) is 13.2 Å². The summed E-state index contributed by atoms with van der Waals surface area (Å²) in [6.45, 7) is 6.73. The first-order valence-electron chi connectivity index (χ1n) is 36.0. The minimum atomic E-state index is -0.762. The summed E-state index contributed by atoms with van der Waals surface area (Å²) < 4.78 is 17.0. The van der Waals surface area contributed by atoms with Crippen molar-refractivity contribution < 1.29 is 28.6 Å². The van der Waals surface area contributed by atoms with E-state index in [0.717, 1.165) is 57.8 Å². The van der Waals surface area contributed by atoms with Gasteiger partial charge in [0, 0.05) is 19.3 Å². The Kier molecular flexibility index (Phi) is 66.5. The Morgan fingerprint density at radius 3 is 0.513 bits per heavy atom. The molecule has 0 N–H and O–H groups in total. The van der Waals surface area contributed by atoms with Crippen molar-refractivity contribution in [1.29, 1.82) is 0 Å². The van der Waals surface area contributed by atoms with Gasteiger partial charge in [0.25, 0.3) is 0 Å². The van der Waals surface area contributed by atoms with Gasteiger partial charge in [-0.15, -0.1) is 0 Å². The Balaban J connectivity index is 4.02. The van der Waals surface area contributed by atoms with Gasteiger partial charge in [-0.05, 0) is 19.3 Å². The van der Waals surface area contributed by atoms with Crippen molar-refractivity contribution in [1.82, 2.24) is 0 Å². The third-order valence-corrected chi connectivity index (χ3v) is 16.9. The summed E-state index contributed by atoms with van der Waals surface area (Å²) >= 11 is 0. The standard InChI is InChI=1S/C72H140O6/c1-4-7-10-13-16-19-22-25-27-28-29-30-31-32-33-34-35-36-37-38-39-40-41-42-43-44-45-48-50-53-56-59-62-65-71(74)77-68-69(67-76-70(73)64-61-58-55-52-49-46-24-21-18-15-12-9-6-3)78-72(75)66-63-60-57-54-51-47-26-23-20-17-14-11-8-5-2/h69H,4-68H2,1-3H3. The van der Waals surface area contributed by atoms with Crippen LogP contribution in [0.2, 0.25) is 0 Å². The van der Waals surface area contributed by atoms with Gasteiger partial charge in [-0.1, -0.05) is 387 Å². The third kappa shape index (κ3) is 65.2. The van der Waals surface area contributed by atoms with E-state index >= 15 is 0 Å². The fourth-order valence-electron chi connectivity index (χ4n) is 11.5. The second kappa shape index (κ2) is 67.9. The van der Waals surface area contributed by atoms with Crippen LogP contribution in [0.3, 0.4) is 0 Å². The Morgan fingerprint density at radius 2 is 0.346 bits per heavy atom. The zero-order chi connectivity index (χ0) is 56.4. The van der Waals surface area contributed by atoms with Gasteiger partial charge in [0.05, 0.1) is 0 Å². The van der Waals surface area contributed by atoms with E-state index in [-0.39, 0.29) is 31.1 Å². The van der Waals surface area contributed by atoms with Crippen LogP contribution >= 0.6 is 0 Å². The predicted octanol–water partition coefficient (Wildman–Crippen LogP) is 24.6. The maximum absolute atomic E-state index is 12.9. The first-order valence-corrected chi connectivity index (χ1v) is 36.0. The van der Waals surface area contributed by atoms with Crippen molar-refractivity contribution in [2.24, 2.45) is 0 Å². The summed E-state index contributed by atoms with van der Waals surface area (Å²) in [5, 5.41) is 0. The summed E-state index contributed by atoms with van der Waals surface area (Å²) in [4.78, 5) is 38.3. The van der Waals surface area contributed by atoms with Crippen LogP contribution in [0.5, 0.6) is 0 Å². The normalized spacial score (nSPS) is 11.9. The van der Waals surface area contributed by atoms with Crippen molar-refractivity contribution in [3.63, 3.8) is 0 Å². The van der Waals surface area contributed by atoms with Crippen molar-refractivity contribution in [2.45, 2.75) is 431 Å². The molecule has 0 aromatic heterocycles. The number of carbonyl (C=O) groups is 3. The van der Waals surface area contributed by atoms with Crippen LogP contribution in [0.15, 0.2) is 0 Å². The van der Waals surface area contributed by atoms with Crippen LogP contribution in [0.1, 0.15) is 425 Å². The number of hydrogen-bond acceptors (Lipinski definition) is 6. The van der Waals surface area contributed by atoms with Gasteiger partial charge in [-0.2, -0.15) is 0 Å². The molecule has 0 aliphatic carbocycles. The van der Waals surface area contributed by atoms with Gasteiger partial charge in [0.2, 0.25) is 0 Å². The Hall–Kier alpha value is -1.59. The highest BCUT2D eigenvalue weighted by Gasteiger charge is 2.20. The molecule has 6 nitrogen and oxygen atoms in total. The molecule has 0 rings (SSSR count). The molecule has 0 saturated heterocycles. The molecule has 0 bridgehead atoms. The van der Waals surface area contributed by atoms with Crippen molar-refractivity contribution in [3.8, 4) is 0 Å². The summed E-state index contributed by atoms with van der Waals surface area (Å²) in [5.41, 5.74) is 0. The topological polar surface area (TPSA) is 78.9 Å². The van der Waals surface area contributed by atoms with Crippen LogP contribution < -0.4 is 0 Å². The molecule has 0 heterocycles. The largest absolute Gasteiger partial charge is 0.462 e. The molecule has 0 aliphatic rings. The fraction of sp³-hybridized carbons (Fsp3) is 0.958. The van der Waals surface area contributed by atoms with Crippen LogP contribution in [0.25, 0.3) is 0 Å². The lowest BCUT2D eigenvalue weighted by Crippen LogP contribution is -2.30. The Bertz CT molecular complexity index is 1170. The highest BCUT2D eigenvalue weighted by molar-refractivity contribution is 5.71. The molecule has 1 unspecified atom stereocenters. The number of carbonyl (C=O) groups excluding carboxylic acids is 3. The maximum atomic E-state index is 12.9. The lowest BCUT2D eigenvalue weighted by molar-refractivity contribution is -0.167. The summed E-state index contributed by atoms with van der Waals surface area (Å²) in [6.07, 6.45) is 80.2. The first kappa shape index (κ1) is 76.4. The van der Waals surface area contributed by atoms with Gasteiger partial charge >= 0.3 is 17.9 Å². The number of esters is 3. The lowest BCUT2D eigenvalue weighted by atomic mass is 10.0. The van der Waals surface area contributed by atoms with E-state index in [0.29, 0.717) is 19.3 Å². The van der Waals surface area contributed by atoms with Crippen LogP contribution in [0, 0.1) is 0 Å². The van der Waals surface area contributed by atoms with Crippen LogP contribution in [-0.4, -0.2) is 37.2 Å². The van der Waals surface area contributed by atoms with E-state index in [4.69, 9.17) is 14.2 Å². The second-order valence-corrected chi connectivity index (χ2v) is 24.9. The monoisotopic (exact) mass is 1100 g/mol. The molecule has 78 heavy (non-hydrogen) atoms. The molecule has 0 aromatic rings. The van der Waals surface area contributed by atoms with E-state index < -0.39 is 6.10 Å². The molecule has 0 amide bonds. The molecule has 0 radical (unpaired) electrons. The minimum Gasteiger partial charge on any atom is -0.462 e. The molecule has 0 fully saturated rings. The maximum Gasteiger partial charge on any atom is 0.306 e. The molecule has 0 aromatic carbocycles. The third-order valence-electron chi connectivity index (χ3n) is 16.9. The number of ether oxygens (including phenoxy) is 3. The Morgan fingerprint density at radius 1 is 0.205 bits per heavy atom. The van der Waals surface area contributed by atoms with Crippen LogP contribution in [-0.2, 0) is 28.6 Å². The molecular weight excluding hydrogens is 961 g/mol. The average Bonchev–Trinajstić information content (AvgIpc) is 3.44. The zero-order valence-electron chi connectivity index (χ0n) is 53.5. The van der Waals surface area contributed by atoms with Gasteiger partial charge in [0.15, 0.2) is 6.10 Å². The lowest BCUT2D eigenvalue weighted by Gasteiger charge is -2.18. The van der Waals surface area contributed by atoms with Crippen LogP contribution in [0.4, 0.5) is 0 Å². The van der Waals surface area contributed by atoms with Crippen molar-refractivity contribution in [3.05, 3.63) is 0 Å². The average molecular weight is 1100 g/mol. The predicted molar refractivity (Wildman–Crippen MR) is 340 cm³/mol. The first-order chi connectivity index (χ1) is 38.5. The second-order valence-electron chi connectivity index (χ2n) is 24.9. The molecule has 6 heteroatoms. The van der Waals surface area contributed by atoms with Gasteiger partial charge in [-0.25, -0.2) is 0 Å². The minimum absolute atomic E-state index is 0.0605. The number of hydrogen-bond donors (Lipinski definition) is 0. The molecule has 0 aliphatic heterocycles. The summed E-state index contributed by atoms with van der Waals surface area (Å²) in [5.74, 6) is -0.824. The van der Waals surface area contributed by atoms with E-state index in [2.05, 4.69) is 20.8 Å². The molecule has 1 atom stereocenters. The number of unbranched alkanes of at least 4 members (excludes halogenated alkanes) is 57. The Labute approximate surface area is 488 Å². The fourth-order valence-corrected chi connectivity index (χ4v) is 11.5. The van der Waals surface area contributed by atoms with Gasteiger partial charge < -0.3 is 14.2 Å². The van der Waals surface area contributed by atoms with Gasteiger partial charge in [-0.3, -0.25) is 14.4 Å². The molecule has 464 valence electrons. The highest BCUT2D eigenvalue weighted by Crippen LogP contribution is 2.20. The van der Waals surface area contributed by atoms with E-state index in [1.54, 1.807) is 0 Å². The quantitative estimate of drug-likeness (QED) is 0.0343. The molecule has 0 spiro atoms. The highest BCUT2D eigenvalue weighted by atomic mass is 16.6. The summed E-state index contributed by atoms with van der Waals surface area (Å²) in [7, 11) is 0.